The Bertz CT molecular complexity index is 582. The lowest BCUT2D eigenvalue weighted by Gasteiger charge is -2.11. The first-order chi connectivity index (χ1) is 9.06. The Labute approximate surface area is 116 Å². The van der Waals surface area contributed by atoms with E-state index in [0.717, 1.165) is 16.4 Å². The number of thioether (sulfide) groups is 1. The van der Waals surface area contributed by atoms with Crippen LogP contribution in [0.2, 0.25) is 0 Å². The van der Waals surface area contributed by atoms with Gasteiger partial charge < -0.3 is 9.88 Å². The van der Waals surface area contributed by atoms with Crippen molar-refractivity contribution in [1.29, 1.82) is 0 Å². The smallest absolute Gasteiger partial charge is 0.237 e. The molecule has 0 aliphatic heterocycles. The number of benzene rings is 1. The fraction of sp³-hybridized carbons (Fsp3) is 0.308. The summed E-state index contributed by atoms with van der Waals surface area (Å²) in [6, 6.07) is 7.74. The van der Waals surface area contributed by atoms with E-state index < -0.39 is 0 Å². The largest absolute Gasteiger partial charge is 0.325 e. The average Bonchev–Trinajstić information content (AvgIpc) is 2.75. The maximum absolute atomic E-state index is 12.1. The fourth-order valence-electron chi connectivity index (χ4n) is 1.56. The Morgan fingerprint density at radius 1 is 1.47 bits per heavy atom. The summed E-state index contributed by atoms with van der Waals surface area (Å²) in [5.41, 5.74) is 1.93. The van der Waals surface area contributed by atoms with Crippen LogP contribution in [0.4, 0.5) is 5.69 Å². The molecule has 5 nitrogen and oxygen atoms in total. The summed E-state index contributed by atoms with van der Waals surface area (Å²) in [6.45, 7) is 3.85. The molecule has 1 unspecified atom stereocenters. The highest BCUT2D eigenvalue weighted by Crippen LogP contribution is 2.21. The zero-order valence-electron chi connectivity index (χ0n) is 11.1. The van der Waals surface area contributed by atoms with Gasteiger partial charge in [0.25, 0.3) is 0 Å². The third-order valence-electron chi connectivity index (χ3n) is 2.61. The molecule has 6 heteroatoms. The molecule has 0 saturated carbocycles. The molecule has 100 valence electrons. The average molecular weight is 276 g/mol. The van der Waals surface area contributed by atoms with Gasteiger partial charge in [-0.2, -0.15) is 0 Å². The Morgan fingerprint density at radius 2 is 2.26 bits per heavy atom. The molecule has 1 amide bonds. The zero-order valence-corrected chi connectivity index (χ0v) is 11.9. The molecule has 0 radical (unpaired) electrons. The molecule has 1 aromatic heterocycles. The van der Waals surface area contributed by atoms with Crippen molar-refractivity contribution in [2.45, 2.75) is 24.3 Å². The number of nitrogens with zero attached hydrogens (tertiary/aromatic N) is 3. The van der Waals surface area contributed by atoms with E-state index in [4.69, 9.17) is 0 Å². The van der Waals surface area contributed by atoms with Gasteiger partial charge in [0, 0.05) is 12.7 Å². The van der Waals surface area contributed by atoms with E-state index in [1.165, 1.54) is 11.8 Å². The molecule has 0 aliphatic carbocycles. The lowest BCUT2D eigenvalue weighted by atomic mass is 10.2. The summed E-state index contributed by atoms with van der Waals surface area (Å²) < 4.78 is 1.79. The van der Waals surface area contributed by atoms with E-state index in [2.05, 4.69) is 15.5 Å². The molecule has 1 N–H and O–H groups in total. The maximum atomic E-state index is 12.1. The molecule has 0 saturated heterocycles. The van der Waals surface area contributed by atoms with E-state index >= 15 is 0 Å². The van der Waals surface area contributed by atoms with Gasteiger partial charge in [0.2, 0.25) is 5.91 Å². The van der Waals surface area contributed by atoms with Gasteiger partial charge in [-0.3, -0.25) is 4.79 Å². The van der Waals surface area contributed by atoms with E-state index in [0.29, 0.717) is 0 Å². The van der Waals surface area contributed by atoms with Crippen LogP contribution in [0.15, 0.2) is 35.7 Å². The van der Waals surface area contributed by atoms with Crippen molar-refractivity contribution >= 4 is 23.4 Å². The predicted molar refractivity (Wildman–Crippen MR) is 76.1 cm³/mol. The van der Waals surface area contributed by atoms with Crippen LogP contribution in [0.3, 0.4) is 0 Å². The van der Waals surface area contributed by atoms with Gasteiger partial charge in [-0.05, 0) is 31.5 Å². The predicted octanol–water partition coefficient (Wildman–Crippen LogP) is 2.24. The number of anilines is 1. The molecule has 0 spiro atoms. The number of rotatable bonds is 4. The van der Waals surface area contributed by atoms with Crippen LogP contribution in [0, 0.1) is 6.92 Å². The maximum Gasteiger partial charge on any atom is 0.237 e. The lowest BCUT2D eigenvalue weighted by molar-refractivity contribution is -0.115. The second kappa shape index (κ2) is 5.88. The van der Waals surface area contributed by atoms with Crippen molar-refractivity contribution in [3.05, 3.63) is 36.2 Å². The highest BCUT2D eigenvalue weighted by atomic mass is 32.2. The molecule has 2 rings (SSSR count). The Hall–Kier alpha value is -1.82. The van der Waals surface area contributed by atoms with Gasteiger partial charge in [0.05, 0.1) is 5.25 Å². The number of aromatic nitrogens is 3. The van der Waals surface area contributed by atoms with Crippen LogP contribution in [0.5, 0.6) is 0 Å². The molecule has 0 bridgehead atoms. The molecule has 1 atom stereocenters. The van der Waals surface area contributed by atoms with E-state index in [1.807, 2.05) is 45.2 Å². The first-order valence-electron chi connectivity index (χ1n) is 5.94. The SMILES string of the molecule is Cc1cccc(NC(=O)C(C)Sc2nncn2C)c1. The van der Waals surface area contributed by atoms with E-state index in [1.54, 1.807) is 10.9 Å². The Kier molecular flexibility index (Phi) is 4.21. The van der Waals surface area contributed by atoms with Crippen LogP contribution < -0.4 is 5.32 Å². The van der Waals surface area contributed by atoms with Crippen LogP contribution in [-0.4, -0.2) is 25.9 Å². The quantitative estimate of drug-likeness (QED) is 0.870. The summed E-state index contributed by atoms with van der Waals surface area (Å²) in [5.74, 6) is -0.0430. The second-order valence-corrected chi connectivity index (χ2v) is 5.65. The molecule has 19 heavy (non-hydrogen) atoms. The van der Waals surface area contributed by atoms with Gasteiger partial charge in [-0.15, -0.1) is 10.2 Å². The van der Waals surface area contributed by atoms with Crippen LogP contribution in [0.1, 0.15) is 12.5 Å². The van der Waals surface area contributed by atoms with Gasteiger partial charge in [0.1, 0.15) is 6.33 Å². The summed E-state index contributed by atoms with van der Waals surface area (Å²) in [5, 5.41) is 11.1. The van der Waals surface area contributed by atoms with Crippen molar-refractivity contribution in [2.24, 2.45) is 7.05 Å². The van der Waals surface area contributed by atoms with Crippen molar-refractivity contribution in [2.75, 3.05) is 5.32 Å². The summed E-state index contributed by atoms with van der Waals surface area (Å²) >= 11 is 1.39. The molecule has 2 aromatic rings. The first-order valence-corrected chi connectivity index (χ1v) is 6.82. The Morgan fingerprint density at radius 3 is 2.89 bits per heavy atom. The highest BCUT2D eigenvalue weighted by Gasteiger charge is 2.17. The monoisotopic (exact) mass is 276 g/mol. The first kappa shape index (κ1) is 13.6. The topological polar surface area (TPSA) is 59.8 Å². The number of hydrogen-bond acceptors (Lipinski definition) is 4. The van der Waals surface area contributed by atoms with Crippen LogP contribution in [0.25, 0.3) is 0 Å². The van der Waals surface area contributed by atoms with Gasteiger partial charge in [-0.25, -0.2) is 0 Å². The minimum Gasteiger partial charge on any atom is -0.325 e. The number of hydrogen-bond donors (Lipinski definition) is 1. The second-order valence-electron chi connectivity index (χ2n) is 4.34. The number of carbonyl (C=O) groups is 1. The standard InChI is InChI=1S/C13H16N4OS/c1-9-5-4-6-11(7-9)15-12(18)10(2)19-13-16-14-8-17(13)3/h4-8,10H,1-3H3,(H,15,18). The van der Waals surface area contributed by atoms with Crippen molar-refractivity contribution in [3.63, 3.8) is 0 Å². The highest BCUT2D eigenvalue weighted by molar-refractivity contribution is 8.00. The third kappa shape index (κ3) is 3.57. The van der Waals surface area contributed by atoms with E-state index in [9.17, 15) is 4.79 Å². The lowest BCUT2D eigenvalue weighted by Crippen LogP contribution is -2.22. The molecular weight excluding hydrogens is 260 g/mol. The summed E-state index contributed by atoms with van der Waals surface area (Å²) in [7, 11) is 1.85. The van der Waals surface area contributed by atoms with E-state index in [-0.39, 0.29) is 11.2 Å². The Balaban J connectivity index is 1.98. The normalized spacial score (nSPS) is 12.2. The minimum absolute atomic E-state index is 0.0430. The van der Waals surface area contributed by atoms with Crippen molar-refractivity contribution in [3.8, 4) is 0 Å². The molecule has 0 aliphatic rings. The number of amides is 1. The minimum atomic E-state index is -0.233. The van der Waals surface area contributed by atoms with Crippen molar-refractivity contribution < 1.29 is 4.79 Å². The number of carbonyl (C=O) groups excluding carboxylic acids is 1. The molecule has 0 fully saturated rings. The number of nitrogens with one attached hydrogen (secondary N) is 1. The zero-order chi connectivity index (χ0) is 13.8. The molecule has 1 heterocycles. The third-order valence-corrected chi connectivity index (χ3v) is 3.75. The van der Waals surface area contributed by atoms with Crippen LogP contribution >= 0.6 is 11.8 Å². The number of aryl methyl sites for hydroxylation is 2. The molecule has 1 aromatic carbocycles. The van der Waals surface area contributed by atoms with Gasteiger partial charge in [0.15, 0.2) is 5.16 Å². The molecular formula is C13H16N4OS. The van der Waals surface area contributed by atoms with Crippen LogP contribution in [-0.2, 0) is 11.8 Å². The van der Waals surface area contributed by atoms with Crippen molar-refractivity contribution in [1.82, 2.24) is 14.8 Å². The van der Waals surface area contributed by atoms with Gasteiger partial charge in [-0.1, -0.05) is 23.9 Å². The fourth-order valence-corrected chi connectivity index (χ4v) is 2.35. The van der Waals surface area contributed by atoms with Gasteiger partial charge >= 0.3 is 0 Å². The summed E-state index contributed by atoms with van der Waals surface area (Å²) in [6.07, 6.45) is 1.62. The summed E-state index contributed by atoms with van der Waals surface area (Å²) in [4.78, 5) is 12.1.